The van der Waals surface area contributed by atoms with Gasteiger partial charge in [0.15, 0.2) is 11.6 Å². The Balaban J connectivity index is 1.52. The van der Waals surface area contributed by atoms with Gasteiger partial charge in [0.05, 0.1) is 23.9 Å². The number of ether oxygens (including phenoxy) is 2. The molecule has 1 aliphatic heterocycles. The maximum atomic E-state index is 14.0. The van der Waals surface area contributed by atoms with E-state index in [1.54, 1.807) is 6.07 Å². The zero-order valence-electron chi connectivity index (χ0n) is 20.4. The summed E-state index contributed by atoms with van der Waals surface area (Å²) in [7, 11) is 0. The van der Waals surface area contributed by atoms with Crippen LogP contribution in [0, 0.1) is 12.7 Å². The van der Waals surface area contributed by atoms with Crippen LogP contribution in [0.2, 0.25) is 10.0 Å². The first-order valence-corrected chi connectivity index (χ1v) is 12.5. The highest BCUT2D eigenvalue weighted by Crippen LogP contribution is 2.40. The third-order valence-corrected chi connectivity index (χ3v) is 6.76. The third kappa shape index (κ3) is 5.76. The zero-order chi connectivity index (χ0) is 28.8. The molecule has 16 heteroatoms. The Morgan fingerprint density at radius 3 is 2.65 bits per heavy atom. The Kier molecular flexibility index (Phi) is 7.72. The molecule has 4 atom stereocenters. The molecule has 4 unspecified atom stereocenters. The minimum atomic E-state index is -4.99. The van der Waals surface area contributed by atoms with Crippen LogP contribution in [0.15, 0.2) is 42.6 Å². The van der Waals surface area contributed by atoms with Crippen LogP contribution in [0.1, 0.15) is 30.2 Å². The smallest absolute Gasteiger partial charge is 0.403 e. The van der Waals surface area contributed by atoms with Crippen molar-refractivity contribution in [2.75, 3.05) is 6.61 Å². The molecule has 0 saturated carbocycles. The maximum absolute atomic E-state index is 14.0. The molecule has 0 radical (unpaired) electrons. The normalized spacial score (nSPS) is 21.5. The van der Waals surface area contributed by atoms with Crippen molar-refractivity contribution in [3.8, 4) is 22.7 Å². The van der Waals surface area contributed by atoms with Crippen LogP contribution < -0.4 is 4.74 Å². The van der Waals surface area contributed by atoms with Crippen LogP contribution >= 0.6 is 23.2 Å². The van der Waals surface area contributed by atoms with Crippen LogP contribution in [0.3, 0.4) is 0 Å². The van der Waals surface area contributed by atoms with Crippen molar-refractivity contribution in [3.05, 3.63) is 70.1 Å². The van der Waals surface area contributed by atoms with Gasteiger partial charge in [-0.05, 0) is 37.3 Å². The average molecular weight is 603 g/mol. The van der Waals surface area contributed by atoms with E-state index in [9.17, 15) is 27.8 Å². The van der Waals surface area contributed by atoms with Crippen LogP contribution in [-0.4, -0.2) is 65.1 Å². The van der Waals surface area contributed by atoms with Crippen LogP contribution in [0.4, 0.5) is 17.6 Å². The molecule has 0 aliphatic carbocycles. The minimum absolute atomic E-state index is 0.00358. The molecular formula is C24H20Cl2F4N6O4. The van der Waals surface area contributed by atoms with Crippen molar-refractivity contribution in [1.82, 2.24) is 29.8 Å². The molecule has 2 aromatic heterocycles. The number of alkyl halides is 3. The maximum Gasteiger partial charge on any atom is 0.573 e. The van der Waals surface area contributed by atoms with E-state index < -0.39 is 48.9 Å². The van der Waals surface area contributed by atoms with Gasteiger partial charge < -0.3 is 19.7 Å². The molecule has 10 nitrogen and oxygen atoms in total. The summed E-state index contributed by atoms with van der Waals surface area (Å²) in [5.74, 6) is -0.954. The van der Waals surface area contributed by atoms with Crippen molar-refractivity contribution in [2.24, 2.45) is 0 Å². The van der Waals surface area contributed by atoms with Gasteiger partial charge in [-0.1, -0.05) is 34.5 Å². The zero-order valence-corrected chi connectivity index (χ0v) is 21.9. The highest BCUT2D eigenvalue weighted by atomic mass is 35.5. The van der Waals surface area contributed by atoms with Gasteiger partial charge in [-0.15, -0.1) is 18.3 Å². The first-order chi connectivity index (χ1) is 18.9. The summed E-state index contributed by atoms with van der Waals surface area (Å²) in [6, 6.07) is 6.79. The molecular weight excluding hydrogens is 583 g/mol. The summed E-state index contributed by atoms with van der Waals surface area (Å²) in [5.41, 5.74) is 0.525. The Morgan fingerprint density at radius 1 is 1.18 bits per heavy atom. The molecule has 2 aromatic carbocycles. The molecule has 0 spiro atoms. The third-order valence-electron chi connectivity index (χ3n) is 6.22. The quantitative estimate of drug-likeness (QED) is 0.307. The van der Waals surface area contributed by atoms with E-state index in [-0.39, 0.29) is 33.8 Å². The van der Waals surface area contributed by atoms with Gasteiger partial charge in [0, 0.05) is 17.0 Å². The largest absolute Gasteiger partial charge is 0.573 e. The standard InChI is InChI=1S/C24H20Cl2F4N6O4/c1-11-31-23(36(33-11)17-7-13(25)3-5-19(17)40-24(28,29)30)20-8-18(22(38)21(10-37)39-20)35-9-16(32-34-35)12-2-4-14(26)15(27)6-12/h2-7,9,18,20-22,37-38H,8,10H2,1H3. The second-order valence-electron chi connectivity index (χ2n) is 8.94. The summed E-state index contributed by atoms with van der Waals surface area (Å²) in [4.78, 5) is 4.35. The lowest BCUT2D eigenvalue weighted by Gasteiger charge is -2.38. The molecule has 3 heterocycles. The fourth-order valence-corrected chi connectivity index (χ4v) is 4.73. The topological polar surface area (TPSA) is 120 Å². The Morgan fingerprint density at radius 2 is 1.95 bits per heavy atom. The summed E-state index contributed by atoms with van der Waals surface area (Å²) < 4.78 is 65.9. The molecule has 40 heavy (non-hydrogen) atoms. The molecule has 4 aromatic rings. The lowest BCUT2D eigenvalue weighted by molar-refractivity contribution is -0.274. The van der Waals surface area contributed by atoms with E-state index in [1.165, 1.54) is 42.1 Å². The lowest BCUT2D eigenvalue weighted by Crippen LogP contribution is -2.45. The highest BCUT2D eigenvalue weighted by molar-refractivity contribution is 6.31. The number of aromatic nitrogens is 6. The lowest BCUT2D eigenvalue weighted by atomic mass is 9.95. The molecule has 0 bridgehead atoms. The number of halogens is 6. The number of nitrogens with zero attached hydrogens (tertiary/aromatic N) is 6. The SMILES string of the molecule is Cc1nc(C2CC(n3cc(-c4ccc(Cl)c(F)c4)nn3)C(O)C(CO)O2)n(-c2cc(Cl)ccc2OC(F)(F)F)n1. The van der Waals surface area contributed by atoms with Crippen LogP contribution in [0.5, 0.6) is 5.75 Å². The van der Waals surface area contributed by atoms with Crippen molar-refractivity contribution in [2.45, 2.75) is 44.1 Å². The second-order valence-corrected chi connectivity index (χ2v) is 9.78. The van der Waals surface area contributed by atoms with Gasteiger partial charge in [0.2, 0.25) is 0 Å². The van der Waals surface area contributed by atoms with Gasteiger partial charge in [-0.25, -0.2) is 18.7 Å². The first-order valence-electron chi connectivity index (χ1n) is 11.7. The van der Waals surface area contributed by atoms with E-state index >= 15 is 0 Å². The first kappa shape index (κ1) is 28.2. The molecule has 2 N–H and O–H groups in total. The summed E-state index contributed by atoms with van der Waals surface area (Å²) in [6.07, 6.45) is -6.87. The predicted octanol–water partition coefficient (Wildman–Crippen LogP) is 4.60. The van der Waals surface area contributed by atoms with Crippen LogP contribution in [-0.2, 0) is 4.74 Å². The number of hydrogen-bond donors (Lipinski definition) is 2. The Hall–Kier alpha value is -3.30. The number of aliphatic hydroxyl groups is 2. The number of rotatable bonds is 6. The van der Waals surface area contributed by atoms with Crippen molar-refractivity contribution >= 4 is 23.2 Å². The van der Waals surface area contributed by atoms with E-state index in [1.807, 2.05) is 0 Å². The number of aryl methyl sites for hydroxylation is 1. The molecule has 1 saturated heterocycles. The van der Waals surface area contributed by atoms with Gasteiger partial charge in [-0.2, -0.15) is 5.10 Å². The van der Waals surface area contributed by atoms with Gasteiger partial charge in [0.25, 0.3) is 0 Å². The highest BCUT2D eigenvalue weighted by Gasteiger charge is 2.42. The van der Waals surface area contributed by atoms with Crippen molar-refractivity contribution < 1.29 is 37.2 Å². The fraction of sp³-hybridized carbons (Fsp3) is 0.333. The predicted molar refractivity (Wildman–Crippen MR) is 133 cm³/mol. The second kappa shape index (κ2) is 10.9. The fourth-order valence-electron chi connectivity index (χ4n) is 4.45. The molecule has 1 aliphatic rings. The van der Waals surface area contributed by atoms with Crippen molar-refractivity contribution in [3.63, 3.8) is 0 Å². The number of hydrogen-bond acceptors (Lipinski definition) is 8. The Bertz CT molecular complexity index is 1530. The molecule has 1 fully saturated rings. The molecule has 212 valence electrons. The minimum Gasteiger partial charge on any atom is -0.403 e. The molecule has 0 amide bonds. The summed E-state index contributed by atoms with van der Waals surface area (Å²) >= 11 is 11.8. The summed E-state index contributed by atoms with van der Waals surface area (Å²) in [5, 5.41) is 33.3. The van der Waals surface area contributed by atoms with Crippen LogP contribution in [0.25, 0.3) is 16.9 Å². The summed E-state index contributed by atoms with van der Waals surface area (Å²) in [6.45, 7) is 0.938. The van der Waals surface area contributed by atoms with E-state index in [4.69, 9.17) is 27.9 Å². The van der Waals surface area contributed by atoms with E-state index in [0.29, 0.717) is 11.3 Å². The average Bonchev–Trinajstić information content (AvgIpc) is 3.53. The monoisotopic (exact) mass is 602 g/mol. The number of aliphatic hydroxyl groups excluding tert-OH is 2. The van der Waals surface area contributed by atoms with Crippen molar-refractivity contribution in [1.29, 1.82) is 0 Å². The van der Waals surface area contributed by atoms with E-state index in [2.05, 4.69) is 25.1 Å². The molecule has 5 rings (SSSR count). The van der Waals surface area contributed by atoms with Gasteiger partial charge in [0.1, 0.15) is 41.3 Å². The van der Waals surface area contributed by atoms with E-state index in [0.717, 1.165) is 10.7 Å². The Labute approximate surface area is 233 Å². The number of benzene rings is 2. The van der Waals surface area contributed by atoms with Gasteiger partial charge in [-0.3, -0.25) is 0 Å². The van der Waals surface area contributed by atoms with Gasteiger partial charge >= 0.3 is 6.36 Å².